The highest BCUT2D eigenvalue weighted by Gasteiger charge is 2.07. The van der Waals surface area contributed by atoms with Crippen molar-refractivity contribution in [2.45, 2.75) is 13.3 Å². The molecule has 22 heavy (non-hydrogen) atoms. The van der Waals surface area contributed by atoms with E-state index in [2.05, 4.69) is 10.6 Å². The van der Waals surface area contributed by atoms with Crippen LogP contribution in [0.25, 0.3) is 0 Å². The van der Waals surface area contributed by atoms with Crippen LogP contribution in [0.5, 0.6) is 5.75 Å². The Balaban J connectivity index is 1.85. The number of carbonyl (C=O) groups is 1. The number of amides is 2. The summed E-state index contributed by atoms with van der Waals surface area (Å²) in [7, 11) is 0. The van der Waals surface area contributed by atoms with Gasteiger partial charge in [-0.1, -0.05) is 41.9 Å². The summed E-state index contributed by atoms with van der Waals surface area (Å²) in [5, 5.41) is 6.31. The quantitative estimate of drug-likeness (QED) is 0.842. The number of para-hydroxylation sites is 2. The van der Waals surface area contributed by atoms with E-state index in [1.807, 2.05) is 49.4 Å². The van der Waals surface area contributed by atoms with E-state index < -0.39 is 0 Å². The lowest BCUT2D eigenvalue weighted by Crippen LogP contribution is -2.30. The SMILES string of the molecule is CCOc1ccccc1NC(=O)NCCc1ccccc1Cl. The van der Waals surface area contributed by atoms with E-state index in [4.69, 9.17) is 16.3 Å². The van der Waals surface area contributed by atoms with Crippen LogP contribution in [-0.4, -0.2) is 19.2 Å². The largest absolute Gasteiger partial charge is 0.492 e. The van der Waals surface area contributed by atoms with Gasteiger partial charge >= 0.3 is 6.03 Å². The first-order valence-electron chi connectivity index (χ1n) is 7.20. The molecule has 2 amide bonds. The van der Waals surface area contributed by atoms with Crippen LogP contribution in [0.15, 0.2) is 48.5 Å². The molecule has 0 aromatic heterocycles. The van der Waals surface area contributed by atoms with Crippen molar-refractivity contribution in [3.63, 3.8) is 0 Å². The van der Waals surface area contributed by atoms with Gasteiger partial charge in [-0.05, 0) is 37.1 Å². The van der Waals surface area contributed by atoms with Gasteiger partial charge in [0, 0.05) is 11.6 Å². The number of halogens is 1. The summed E-state index contributed by atoms with van der Waals surface area (Å²) in [6.45, 7) is 2.96. The van der Waals surface area contributed by atoms with Crippen LogP contribution in [0.3, 0.4) is 0 Å². The van der Waals surface area contributed by atoms with Gasteiger partial charge < -0.3 is 15.4 Å². The summed E-state index contributed by atoms with van der Waals surface area (Å²) in [4.78, 5) is 11.9. The van der Waals surface area contributed by atoms with Crippen molar-refractivity contribution in [1.82, 2.24) is 5.32 Å². The van der Waals surface area contributed by atoms with Crippen LogP contribution in [0.2, 0.25) is 5.02 Å². The van der Waals surface area contributed by atoms with Crippen LogP contribution in [0.1, 0.15) is 12.5 Å². The van der Waals surface area contributed by atoms with Crippen LogP contribution in [-0.2, 0) is 6.42 Å². The van der Waals surface area contributed by atoms with Gasteiger partial charge in [0.1, 0.15) is 5.75 Å². The molecule has 0 fully saturated rings. The molecule has 0 saturated heterocycles. The average molecular weight is 319 g/mol. The molecule has 2 N–H and O–H groups in total. The second kappa shape index (κ2) is 8.29. The molecule has 2 aromatic rings. The Bertz CT molecular complexity index is 632. The molecule has 2 rings (SSSR count). The summed E-state index contributed by atoms with van der Waals surface area (Å²) in [5.74, 6) is 0.659. The number of rotatable bonds is 6. The normalized spacial score (nSPS) is 10.1. The van der Waals surface area contributed by atoms with Crippen LogP contribution in [0.4, 0.5) is 10.5 Å². The van der Waals surface area contributed by atoms with Crippen LogP contribution >= 0.6 is 11.6 Å². The number of ether oxygens (including phenoxy) is 1. The number of urea groups is 1. The van der Waals surface area contributed by atoms with Gasteiger partial charge in [-0.2, -0.15) is 0 Å². The number of anilines is 1. The lowest BCUT2D eigenvalue weighted by atomic mass is 10.1. The highest BCUT2D eigenvalue weighted by molar-refractivity contribution is 6.31. The summed E-state index contributed by atoms with van der Waals surface area (Å²) in [5.41, 5.74) is 1.67. The maximum atomic E-state index is 11.9. The van der Waals surface area contributed by atoms with Crippen LogP contribution in [0, 0.1) is 0 Å². The van der Waals surface area contributed by atoms with Crippen LogP contribution < -0.4 is 15.4 Å². The Morgan fingerprint density at radius 2 is 1.86 bits per heavy atom. The Kier molecular flexibility index (Phi) is 6.10. The van der Waals surface area contributed by atoms with Gasteiger partial charge in [-0.25, -0.2) is 4.79 Å². The minimum absolute atomic E-state index is 0.265. The van der Waals surface area contributed by atoms with Crippen molar-refractivity contribution >= 4 is 23.3 Å². The smallest absolute Gasteiger partial charge is 0.319 e. The molecule has 0 aliphatic heterocycles. The Morgan fingerprint density at radius 1 is 1.14 bits per heavy atom. The zero-order valence-corrected chi connectivity index (χ0v) is 13.2. The first-order valence-corrected chi connectivity index (χ1v) is 7.58. The molecule has 4 nitrogen and oxygen atoms in total. The lowest BCUT2D eigenvalue weighted by Gasteiger charge is -2.12. The third-order valence-electron chi connectivity index (χ3n) is 3.07. The molecule has 0 aliphatic rings. The summed E-state index contributed by atoms with van der Waals surface area (Å²) < 4.78 is 5.47. The maximum absolute atomic E-state index is 11.9. The minimum Gasteiger partial charge on any atom is -0.492 e. The topological polar surface area (TPSA) is 50.4 Å². The van der Waals surface area contributed by atoms with E-state index >= 15 is 0 Å². The minimum atomic E-state index is -0.265. The molecular weight excluding hydrogens is 300 g/mol. The molecule has 0 bridgehead atoms. The summed E-state index contributed by atoms with van der Waals surface area (Å²) >= 11 is 6.08. The zero-order valence-electron chi connectivity index (χ0n) is 12.4. The molecule has 0 spiro atoms. The van der Waals surface area contributed by atoms with E-state index in [9.17, 15) is 4.79 Å². The Hall–Kier alpha value is -2.20. The molecule has 0 atom stereocenters. The Morgan fingerprint density at radius 3 is 2.64 bits per heavy atom. The fraction of sp³-hybridized carbons (Fsp3) is 0.235. The van der Waals surface area contributed by atoms with Crippen molar-refractivity contribution in [3.05, 3.63) is 59.1 Å². The van der Waals surface area contributed by atoms with Crippen molar-refractivity contribution < 1.29 is 9.53 Å². The second-order valence-electron chi connectivity index (χ2n) is 4.65. The van der Waals surface area contributed by atoms with E-state index in [0.29, 0.717) is 36.0 Å². The number of nitrogens with one attached hydrogen (secondary N) is 2. The van der Waals surface area contributed by atoms with Gasteiger partial charge in [-0.3, -0.25) is 0 Å². The summed E-state index contributed by atoms with van der Waals surface area (Å²) in [6.07, 6.45) is 0.681. The fourth-order valence-electron chi connectivity index (χ4n) is 2.03. The highest BCUT2D eigenvalue weighted by atomic mass is 35.5. The molecule has 0 saturated carbocycles. The number of benzene rings is 2. The molecule has 0 heterocycles. The molecule has 0 aliphatic carbocycles. The molecule has 0 unspecified atom stereocenters. The zero-order chi connectivity index (χ0) is 15.8. The highest BCUT2D eigenvalue weighted by Crippen LogP contribution is 2.23. The van der Waals surface area contributed by atoms with E-state index in [0.717, 1.165) is 5.56 Å². The molecular formula is C17H19ClN2O2. The maximum Gasteiger partial charge on any atom is 0.319 e. The molecule has 0 radical (unpaired) electrons. The second-order valence-corrected chi connectivity index (χ2v) is 5.06. The molecule has 2 aromatic carbocycles. The average Bonchev–Trinajstić information content (AvgIpc) is 2.51. The standard InChI is InChI=1S/C17H19ClN2O2/c1-2-22-16-10-6-5-9-15(16)20-17(21)19-12-11-13-7-3-4-8-14(13)18/h3-10H,2,11-12H2,1H3,(H2,19,20,21). The third kappa shape index (κ3) is 4.67. The Labute approximate surface area is 135 Å². The van der Waals surface area contributed by atoms with Gasteiger partial charge in [0.25, 0.3) is 0 Å². The lowest BCUT2D eigenvalue weighted by molar-refractivity contribution is 0.252. The fourth-order valence-corrected chi connectivity index (χ4v) is 2.26. The van der Waals surface area contributed by atoms with E-state index in [1.165, 1.54) is 0 Å². The van der Waals surface area contributed by atoms with Crippen molar-refractivity contribution in [2.24, 2.45) is 0 Å². The predicted molar refractivity (Wildman–Crippen MR) is 89.8 cm³/mol. The first kappa shape index (κ1) is 16.2. The van der Waals surface area contributed by atoms with Crippen molar-refractivity contribution in [3.8, 4) is 5.75 Å². The third-order valence-corrected chi connectivity index (χ3v) is 3.44. The van der Waals surface area contributed by atoms with Gasteiger partial charge in [0.15, 0.2) is 0 Å². The van der Waals surface area contributed by atoms with E-state index in [-0.39, 0.29) is 6.03 Å². The van der Waals surface area contributed by atoms with Gasteiger partial charge in [0.2, 0.25) is 0 Å². The monoisotopic (exact) mass is 318 g/mol. The molecule has 116 valence electrons. The summed E-state index contributed by atoms with van der Waals surface area (Å²) in [6, 6.07) is 14.7. The van der Waals surface area contributed by atoms with E-state index in [1.54, 1.807) is 6.07 Å². The number of carbonyl (C=O) groups excluding carboxylic acids is 1. The van der Waals surface area contributed by atoms with Gasteiger partial charge in [0.05, 0.1) is 12.3 Å². The first-order chi connectivity index (χ1) is 10.7. The van der Waals surface area contributed by atoms with Crippen molar-refractivity contribution in [2.75, 3.05) is 18.5 Å². The number of hydrogen-bond acceptors (Lipinski definition) is 2. The number of hydrogen-bond donors (Lipinski definition) is 2. The molecule has 5 heteroatoms. The predicted octanol–water partition coefficient (Wildman–Crippen LogP) is 4.10. The van der Waals surface area contributed by atoms with Gasteiger partial charge in [-0.15, -0.1) is 0 Å². The van der Waals surface area contributed by atoms with Crippen molar-refractivity contribution in [1.29, 1.82) is 0 Å².